The van der Waals surface area contributed by atoms with Gasteiger partial charge in [0, 0.05) is 17.6 Å². The Kier molecular flexibility index (Phi) is 7.05. The van der Waals surface area contributed by atoms with Crippen molar-refractivity contribution in [1.29, 1.82) is 0 Å². The van der Waals surface area contributed by atoms with Gasteiger partial charge in [0.25, 0.3) is 0 Å². The highest BCUT2D eigenvalue weighted by Crippen LogP contribution is 2.26. The summed E-state index contributed by atoms with van der Waals surface area (Å²) in [5.74, 6) is 0.794. The molecular weight excluding hydrogens is 362 g/mol. The summed E-state index contributed by atoms with van der Waals surface area (Å²) < 4.78 is 28.0. The summed E-state index contributed by atoms with van der Waals surface area (Å²) in [5.41, 5.74) is 0.583. The molecule has 0 radical (unpaired) electrons. The van der Waals surface area contributed by atoms with Crippen LogP contribution in [0.5, 0.6) is 0 Å². The van der Waals surface area contributed by atoms with Gasteiger partial charge in [0.2, 0.25) is 15.9 Å². The maximum Gasteiger partial charge on any atom is 0.241 e. The van der Waals surface area contributed by atoms with Crippen LogP contribution in [0.15, 0.2) is 23.1 Å². The third-order valence-corrected chi connectivity index (χ3v) is 6.80. The van der Waals surface area contributed by atoms with Crippen molar-refractivity contribution in [3.63, 3.8) is 0 Å². The molecule has 0 bridgehead atoms. The molecule has 1 amide bonds. The molecule has 1 fully saturated rings. The van der Waals surface area contributed by atoms with Crippen LogP contribution in [-0.4, -0.2) is 33.0 Å². The Morgan fingerprint density at radius 2 is 1.89 bits per heavy atom. The third kappa shape index (κ3) is 6.59. The van der Waals surface area contributed by atoms with E-state index in [1.54, 1.807) is 39.8 Å². The monoisotopic (exact) mass is 395 g/mol. The van der Waals surface area contributed by atoms with Crippen molar-refractivity contribution in [2.75, 3.05) is 18.4 Å². The lowest BCUT2D eigenvalue weighted by Crippen LogP contribution is -2.40. The van der Waals surface area contributed by atoms with Crippen LogP contribution in [0.25, 0.3) is 0 Å². The van der Waals surface area contributed by atoms with Gasteiger partial charge < -0.3 is 10.6 Å². The molecule has 1 saturated heterocycles. The molecule has 6 nitrogen and oxygen atoms in total. The summed E-state index contributed by atoms with van der Waals surface area (Å²) in [6.45, 7) is 11.3. The Morgan fingerprint density at radius 1 is 1.26 bits per heavy atom. The van der Waals surface area contributed by atoms with E-state index in [2.05, 4.69) is 22.3 Å². The molecule has 0 aliphatic carbocycles. The molecule has 0 saturated carbocycles. The van der Waals surface area contributed by atoms with E-state index in [1.165, 1.54) is 6.07 Å². The number of aryl methyl sites for hydroxylation is 1. The van der Waals surface area contributed by atoms with Crippen molar-refractivity contribution in [3.05, 3.63) is 23.8 Å². The quantitative estimate of drug-likeness (QED) is 0.691. The predicted molar refractivity (Wildman–Crippen MR) is 109 cm³/mol. The normalized spacial score (nSPS) is 17.5. The fourth-order valence-electron chi connectivity index (χ4n) is 3.51. The van der Waals surface area contributed by atoms with Gasteiger partial charge in [-0.05, 0) is 83.2 Å². The number of hydrogen-bond donors (Lipinski definition) is 3. The van der Waals surface area contributed by atoms with Gasteiger partial charge in [-0.25, -0.2) is 13.1 Å². The van der Waals surface area contributed by atoms with Gasteiger partial charge in [-0.1, -0.05) is 13.0 Å². The van der Waals surface area contributed by atoms with E-state index in [-0.39, 0.29) is 10.8 Å². The van der Waals surface area contributed by atoms with Crippen molar-refractivity contribution in [2.45, 2.75) is 64.3 Å². The number of amides is 1. The minimum atomic E-state index is -3.66. The number of sulfonamides is 1. The van der Waals surface area contributed by atoms with Gasteiger partial charge in [-0.15, -0.1) is 0 Å². The third-order valence-electron chi connectivity index (χ3n) is 4.90. The second-order valence-corrected chi connectivity index (χ2v) is 10.3. The Morgan fingerprint density at radius 3 is 2.48 bits per heavy atom. The van der Waals surface area contributed by atoms with E-state index < -0.39 is 15.6 Å². The van der Waals surface area contributed by atoms with E-state index in [0.29, 0.717) is 29.5 Å². The van der Waals surface area contributed by atoms with Gasteiger partial charge in [-0.3, -0.25) is 4.79 Å². The number of piperidine rings is 1. The van der Waals surface area contributed by atoms with Crippen molar-refractivity contribution < 1.29 is 13.2 Å². The fourth-order valence-corrected chi connectivity index (χ4v) is 5.20. The van der Waals surface area contributed by atoms with E-state index in [4.69, 9.17) is 0 Å². The van der Waals surface area contributed by atoms with Crippen LogP contribution in [0, 0.1) is 18.8 Å². The molecule has 1 unspecified atom stereocenters. The summed E-state index contributed by atoms with van der Waals surface area (Å²) in [5, 5.41) is 6.21. The lowest BCUT2D eigenvalue weighted by Gasteiger charge is -2.27. The molecule has 1 aliphatic heterocycles. The number of carbonyl (C=O) groups excluding carboxylic acids is 1. The number of rotatable bonds is 6. The number of benzene rings is 1. The first-order valence-corrected chi connectivity index (χ1v) is 11.1. The standard InChI is InChI=1S/C20H33N3O3S/c1-14-6-7-17(13-18(14)27(25,26)23-20(3,4)5)22-19(24)12-15(2)16-8-10-21-11-9-16/h6-7,13,15-16,21,23H,8-12H2,1-5H3,(H,22,24). The van der Waals surface area contributed by atoms with Crippen LogP contribution in [0.4, 0.5) is 5.69 Å². The van der Waals surface area contributed by atoms with Crippen molar-refractivity contribution in [1.82, 2.24) is 10.0 Å². The van der Waals surface area contributed by atoms with Crippen molar-refractivity contribution in [2.24, 2.45) is 11.8 Å². The smallest absolute Gasteiger partial charge is 0.241 e. The minimum Gasteiger partial charge on any atom is -0.326 e. The van der Waals surface area contributed by atoms with Gasteiger partial charge in [0.05, 0.1) is 4.90 Å². The molecule has 2 rings (SSSR count). The topological polar surface area (TPSA) is 87.3 Å². The lowest BCUT2D eigenvalue weighted by atomic mass is 9.84. The van der Waals surface area contributed by atoms with Gasteiger partial charge in [0.1, 0.15) is 0 Å². The maximum atomic E-state index is 12.7. The van der Waals surface area contributed by atoms with Crippen LogP contribution < -0.4 is 15.4 Å². The highest BCUT2D eigenvalue weighted by molar-refractivity contribution is 7.89. The number of anilines is 1. The Labute approximate surface area is 163 Å². The molecule has 1 heterocycles. The molecule has 3 N–H and O–H groups in total. The first kappa shape index (κ1) is 21.9. The zero-order valence-electron chi connectivity index (χ0n) is 17.1. The van der Waals surface area contributed by atoms with Crippen molar-refractivity contribution in [3.8, 4) is 0 Å². The maximum absolute atomic E-state index is 12.7. The first-order chi connectivity index (χ1) is 12.5. The molecule has 27 heavy (non-hydrogen) atoms. The summed E-state index contributed by atoms with van der Waals surface area (Å²) in [6.07, 6.45) is 2.64. The van der Waals surface area contributed by atoms with Crippen LogP contribution in [-0.2, 0) is 14.8 Å². The van der Waals surface area contributed by atoms with Gasteiger partial charge >= 0.3 is 0 Å². The average molecular weight is 396 g/mol. The zero-order chi connectivity index (χ0) is 20.2. The molecule has 0 aromatic heterocycles. The fraction of sp³-hybridized carbons (Fsp3) is 0.650. The largest absolute Gasteiger partial charge is 0.326 e. The summed E-state index contributed by atoms with van der Waals surface area (Å²) in [6, 6.07) is 5.01. The summed E-state index contributed by atoms with van der Waals surface area (Å²) >= 11 is 0. The number of hydrogen-bond acceptors (Lipinski definition) is 4. The van der Waals surface area contributed by atoms with Crippen LogP contribution in [0.2, 0.25) is 0 Å². The van der Waals surface area contributed by atoms with E-state index in [9.17, 15) is 13.2 Å². The van der Waals surface area contributed by atoms with Crippen LogP contribution in [0.3, 0.4) is 0 Å². The second-order valence-electron chi connectivity index (χ2n) is 8.65. The highest BCUT2D eigenvalue weighted by Gasteiger charge is 2.25. The molecule has 0 spiro atoms. The van der Waals surface area contributed by atoms with Gasteiger partial charge in [0.15, 0.2) is 0 Å². The molecule has 1 aromatic rings. The number of nitrogens with one attached hydrogen (secondary N) is 3. The average Bonchev–Trinajstić information content (AvgIpc) is 2.55. The van der Waals surface area contributed by atoms with E-state index in [1.807, 2.05) is 0 Å². The summed E-state index contributed by atoms with van der Waals surface area (Å²) in [7, 11) is -3.66. The number of carbonyl (C=O) groups is 1. The van der Waals surface area contributed by atoms with Crippen LogP contribution in [0.1, 0.15) is 52.5 Å². The van der Waals surface area contributed by atoms with E-state index in [0.717, 1.165) is 25.9 Å². The molecular formula is C20H33N3O3S. The zero-order valence-corrected chi connectivity index (χ0v) is 17.9. The van der Waals surface area contributed by atoms with Crippen molar-refractivity contribution >= 4 is 21.6 Å². The summed E-state index contributed by atoms with van der Waals surface area (Å²) in [4.78, 5) is 12.6. The van der Waals surface area contributed by atoms with E-state index >= 15 is 0 Å². The first-order valence-electron chi connectivity index (χ1n) is 9.63. The van der Waals surface area contributed by atoms with Crippen LogP contribution >= 0.6 is 0 Å². The Balaban J connectivity index is 2.07. The molecule has 1 aromatic carbocycles. The predicted octanol–water partition coefficient (Wildman–Crippen LogP) is 3.04. The molecule has 1 aliphatic rings. The highest BCUT2D eigenvalue weighted by atomic mass is 32.2. The Bertz CT molecular complexity index is 763. The second kappa shape index (κ2) is 8.71. The lowest BCUT2D eigenvalue weighted by molar-refractivity contribution is -0.117. The Hall–Kier alpha value is -1.44. The molecule has 1 atom stereocenters. The molecule has 7 heteroatoms. The minimum absolute atomic E-state index is 0.0722. The molecule has 152 valence electrons. The van der Waals surface area contributed by atoms with Gasteiger partial charge in [-0.2, -0.15) is 0 Å². The SMILES string of the molecule is Cc1ccc(NC(=O)CC(C)C2CCNCC2)cc1S(=O)(=O)NC(C)(C)C.